The van der Waals surface area contributed by atoms with Gasteiger partial charge in [0.15, 0.2) is 0 Å². The zero-order valence-corrected chi connectivity index (χ0v) is 24.6. The molecule has 0 bridgehead atoms. The standard InChI is InChI=1S/C30H33Cl2N3O4S/c1-22(30(37)33-23-12-5-2-6-13-23)34(20-26-27(31)18-11-19-28(26)32)29(36)21-35(24-14-7-3-8-15-24)40(38,39)25-16-9-4-10-17-25/h3-4,7-11,14-19,22-23H,2,5-6,12-13,20-21H2,1H3,(H,33,37). The Morgan fingerprint density at radius 3 is 2.05 bits per heavy atom. The number of amides is 2. The zero-order chi connectivity index (χ0) is 28.7. The second-order valence-corrected chi connectivity index (χ2v) is 12.6. The number of carbonyl (C=O) groups is 2. The fourth-order valence-electron chi connectivity index (χ4n) is 4.85. The van der Waals surface area contributed by atoms with Gasteiger partial charge in [-0.3, -0.25) is 13.9 Å². The van der Waals surface area contributed by atoms with E-state index in [1.807, 2.05) is 0 Å². The highest BCUT2D eigenvalue weighted by Gasteiger charge is 2.33. The second kappa shape index (κ2) is 13.5. The van der Waals surface area contributed by atoms with Crippen molar-refractivity contribution < 1.29 is 18.0 Å². The Bertz CT molecular complexity index is 1400. The number of hydrogen-bond donors (Lipinski definition) is 1. The molecule has 0 aliphatic heterocycles. The lowest BCUT2D eigenvalue weighted by atomic mass is 9.95. The molecule has 40 heavy (non-hydrogen) atoms. The Hall–Kier alpha value is -3.07. The number of carbonyl (C=O) groups excluding carboxylic acids is 2. The van der Waals surface area contributed by atoms with Crippen LogP contribution in [0.5, 0.6) is 0 Å². The van der Waals surface area contributed by atoms with Crippen molar-refractivity contribution in [2.75, 3.05) is 10.8 Å². The van der Waals surface area contributed by atoms with E-state index in [4.69, 9.17) is 23.2 Å². The predicted octanol–water partition coefficient (Wildman–Crippen LogP) is 6.05. The van der Waals surface area contributed by atoms with Crippen LogP contribution < -0.4 is 9.62 Å². The first-order valence-corrected chi connectivity index (χ1v) is 15.5. The molecule has 1 atom stereocenters. The molecule has 1 N–H and O–H groups in total. The smallest absolute Gasteiger partial charge is 0.264 e. The van der Waals surface area contributed by atoms with Crippen molar-refractivity contribution in [3.05, 3.63) is 94.5 Å². The number of nitrogens with one attached hydrogen (secondary N) is 1. The highest BCUT2D eigenvalue weighted by Crippen LogP contribution is 2.28. The third-order valence-electron chi connectivity index (χ3n) is 7.16. The highest BCUT2D eigenvalue weighted by molar-refractivity contribution is 7.92. The van der Waals surface area contributed by atoms with Crippen molar-refractivity contribution in [1.82, 2.24) is 10.2 Å². The molecule has 0 heterocycles. The Kier molecular flexibility index (Phi) is 10.1. The third-order valence-corrected chi connectivity index (χ3v) is 9.66. The van der Waals surface area contributed by atoms with Crippen molar-refractivity contribution in [3.8, 4) is 0 Å². The highest BCUT2D eigenvalue weighted by atomic mass is 35.5. The summed E-state index contributed by atoms with van der Waals surface area (Å²) in [4.78, 5) is 28.8. The van der Waals surface area contributed by atoms with Gasteiger partial charge < -0.3 is 10.2 Å². The van der Waals surface area contributed by atoms with Crippen LogP contribution in [-0.2, 0) is 26.2 Å². The lowest BCUT2D eigenvalue weighted by molar-refractivity contribution is -0.139. The van der Waals surface area contributed by atoms with Crippen LogP contribution in [0, 0.1) is 0 Å². The SMILES string of the molecule is CC(C(=O)NC1CCCCC1)N(Cc1c(Cl)cccc1Cl)C(=O)CN(c1ccccc1)S(=O)(=O)c1ccccc1. The van der Waals surface area contributed by atoms with Crippen molar-refractivity contribution in [1.29, 1.82) is 0 Å². The van der Waals surface area contributed by atoms with Crippen LogP contribution in [0.2, 0.25) is 10.0 Å². The van der Waals surface area contributed by atoms with Gasteiger partial charge in [-0.2, -0.15) is 0 Å². The van der Waals surface area contributed by atoms with E-state index in [2.05, 4.69) is 5.32 Å². The summed E-state index contributed by atoms with van der Waals surface area (Å²) < 4.78 is 28.6. The molecule has 4 rings (SSSR count). The number of benzene rings is 3. The summed E-state index contributed by atoms with van der Waals surface area (Å²) in [5.74, 6) is -0.869. The van der Waals surface area contributed by atoms with Gasteiger partial charge in [-0.25, -0.2) is 8.42 Å². The van der Waals surface area contributed by atoms with E-state index in [1.165, 1.54) is 17.0 Å². The van der Waals surface area contributed by atoms with E-state index in [-0.39, 0.29) is 23.4 Å². The van der Waals surface area contributed by atoms with Gasteiger partial charge in [0.1, 0.15) is 12.6 Å². The van der Waals surface area contributed by atoms with Gasteiger partial charge in [0.2, 0.25) is 11.8 Å². The van der Waals surface area contributed by atoms with Crippen LogP contribution in [0.4, 0.5) is 5.69 Å². The normalized spacial score (nSPS) is 14.8. The molecule has 2 amide bonds. The molecule has 212 valence electrons. The summed E-state index contributed by atoms with van der Waals surface area (Å²) in [5.41, 5.74) is 0.809. The van der Waals surface area contributed by atoms with Crippen LogP contribution >= 0.6 is 23.2 Å². The molecule has 7 nitrogen and oxygen atoms in total. The minimum atomic E-state index is -4.11. The fraction of sp³-hybridized carbons (Fsp3) is 0.333. The molecule has 0 radical (unpaired) electrons. The number of rotatable bonds is 10. The maximum atomic E-state index is 14.0. The lowest BCUT2D eigenvalue weighted by Crippen LogP contribution is -2.53. The van der Waals surface area contributed by atoms with E-state index in [9.17, 15) is 18.0 Å². The molecule has 10 heteroatoms. The molecular formula is C30H33Cl2N3O4S. The first kappa shape index (κ1) is 29.9. The maximum absolute atomic E-state index is 14.0. The van der Waals surface area contributed by atoms with E-state index in [1.54, 1.807) is 73.7 Å². The fourth-order valence-corrected chi connectivity index (χ4v) is 6.80. The number of sulfonamides is 1. The number of nitrogens with zero attached hydrogens (tertiary/aromatic N) is 2. The monoisotopic (exact) mass is 601 g/mol. The zero-order valence-electron chi connectivity index (χ0n) is 22.3. The summed E-state index contributed by atoms with van der Waals surface area (Å²) in [5, 5.41) is 3.78. The van der Waals surface area contributed by atoms with Crippen LogP contribution in [0.3, 0.4) is 0 Å². The summed E-state index contributed by atoms with van der Waals surface area (Å²) in [6, 6.07) is 20.5. The first-order valence-electron chi connectivity index (χ1n) is 13.3. The number of hydrogen-bond acceptors (Lipinski definition) is 4. The average molecular weight is 603 g/mol. The Balaban J connectivity index is 1.68. The molecule has 3 aromatic rings. The Morgan fingerprint density at radius 1 is 0.875 bits per heavy atom. The summed E-state index contributed by atoms with van der Waals surface area (Å²) in [7, 11) is -4.11. The molecular weight excluding hydrogens is 569 g/mol. The lowest BCUT2D eigenvalue weighted by Gasteiger charge is -2.33. The molecule has 1 fully saturated rings. The van der Waals surface area contributed by atoms with Crippen LogP contribution in [0.15, 0.2) is 83.8 Å². The van der Waals surface area contributed by atoms with Crippen LogP contribution in [0.1, 0.15) is 44.6 Å². The van der Waals surface area contributed by atoms with Gasteiger partial charge in [0.05, 0.1) is 10.6 Å². The van der Waals surface area contributed by atoms with Crippen molar-refractivity contribution in [2.45, 2.75) is 62.6 Å². The minimum Gasteiger partial charge on any atom is -0.352 e. The van der Waals surface area contributed by atoms with Gasteiger partial charge in [-0.15, -0.1) is 0 Å². The van der Waals surface area contributed by atoms with Crippen molar-refractivity contribution in [2.24, 2.45) is 0 Å². The molecule has 0 saturated heterocycles. The Morgan fingerprint density at radius 2 is 1.45 bits per heavy atom. The Labute approximate surface area is 246 Å². The average Bonchev–Trinajstić information content (AvgIpc) is 2.96. The van der Waals surface area contributed by atoms with Gasteiger partial charge in [-0.1, -0.05) is 84.9 Å². The molecule has 1 aliphatic rings. The van der Waals surface area contributed by atoms with E-state index in [0.717, 1.165) is 36.4 Å². The van der Waals surface area contributed by atoms with Crippen LogP contribution in [-0.4, -0.2) is 43.8 Å². The number of para-hydroxylation sites is 1. The molecule has 3 aromatic carbocycles. The summed E-state index contributed by atoms with van der Waals surface area (Å²) in [6.07, 6.45) is 5.00. The molecule has 1 saturated carbocycles. The number of halogens is 2. The topological polar surface area (TPSA) is 86.8 Å². The minimum absolute atomic E-state index is 0.0452. The van der Waals surface area contributed by atoms with Crippen molar-refractivity contribution in [3.63, 3.8) is 0 Å². The van der Waals surface area contributed by atoms with Gasteiger partial charge in [-0.05, 0) is 56.2 Å². The van der Waals surface area contributed by atoms with Crippen molar-refractivity contribution >= 4 is 50.7 Å². The van der Waals surface area contributed by atoms with Gasteiger partial charge in [0, 0.05) is 28.2 Å². The predicted molar refractivity (Wildman–Crippen MR) is 159 cm³/mol. The largest absolute Gasteiger partial charge is 0.352 e. The first-order chi connectivity index (χ1) is 19.2. The molecule has 1 unspecified atom stereocenters. The quantitative estimate of drug-likeness (QED) is 0.306. The third kappa shape index (κ3) is 7.16. The summed E-state index contributed by atoms with van der Waals surface area (Å²) >= 11 is 12.9. The molecule has 1 aliphatic carbocycles. The second-order valence-electron chi connectivity index (χ2n) is 9.90. The van der Waals surface area contributed by atoms with E-state index < -0.39 is 28.5 Å². The maximum Gasteiger partial charge on any atom is 0.264 e. The van der Waals surface area contributed by atoms with E-state index >= 15 is 0 Å². The molecule has 0 spiro atoms. The van der Waals surface area contributed by atoms with Gasteiger partial charge >= 0.3 is 0 Å². The summed E-state index contributed by atoms with van der Waals surface area (Å²) in [6.45, 7) is 1.05. The number of anilines is 1. The van der Waals surface area contributed by atoms with E-state index in [0.29, 0.717) is 21.3 Å². The molecule has 0 aromatic heterocycles. The van der Waals surface area contributed by atoms with Gasteiger partial charge in [0.25, 0.3) is 10.0 Å². The van der Waals surface area contributed by atoms with Crippen LogP contribution in [0.25, 0.3) is 0 Å².